The number of hydrogen-bond donors (Lipinski definition) is 1. The van der Waals surface area contributed by atoms with Crippen LogP contribution < -0.4 is 5.14 Å². The smallest absolute Gasteiger partial charge is 0.256 e. The van der Waals surface area contributed by atoms with Gasteiger partial charge in [0.15, 0.2) is 0 Å². The van der Waals surface area contributed by atoms with Crippen LogP contribution in [0, 0.1) is 12.7 Å². The number of hydrogen-bond acceptors (Lipinski definition) is 6. The van der Waals surface area contributed by atoms with Crippen molar-refractivity contribution in [3.63, 3.8) is 0 Å². The van der Waals surface area contributed by atoms with Gasteiger partial charge in [-0.2, -0.15) is 0 Å². The minimum atomic E-state index is -4.01. The highest BCUT2D eigenvalue weighted by Crippen LogP contribution is 2.18. The summed E-state index contributed by atoms with van der Waals surface area (Å²) in [5, 5.41) is 8.82. The zero-order chi connectivity index (χ0) is 16.5. The molecule has 10 heteroatoms. The highest BCUT2D eigenvalue weighted by Gasteiger charge is 2.20. The summed E-state index contributed by atoms with van der Waals surface area (Å²) >= 11 is 1.14. The van der Waals surface area contributed by atoms with Crippen molar-refractivity contribution < 1.29 is 17.6 Å². The molecule has 1 aromatic carbocycles. The van der Waals surface area contributed by atoms with E-state index in [9.17, 15) is 17.6 Å². The molecule has 0 saturated heterocycles. The van der Waals surface area contributed by atoms with Gasteiger partial charge in [-0.05, 0) is 36.7 Å². The van der Waals surface area contributed by atoms with Gasteiger partial charge in [0.1, 0.15) is 5.82 Å². The molecule has 0 saturated carbocycles. The molecule has 1 amide bonds. The number of carbonyl (C=O) groups excluding carboxylic acids is 1. The SMILES string of the molecule is Cc1nnsc1CN(C)C(=O)c1cc(S(N)(=O)=O)ccc1F. The topological polar surface area (TPSA) is 106 Å². The van der Waals surface area contributed by atoms with Gasteiger partial charge < -0.3 is 4.90 Å². The molecule has 0 bridgehead atoms. The number of primary sulfonamides is 1. The van der Waals surface area contributed by atoms with E-state index in [2.05, 4.69) is 9.59 Å². The van der Waals surface area contributed by atoms with Crippen molar-refractivity contribution in [2.24, 2.45) is 5.14 Å². The van der Waals surface area contributed by atoms with Gasteiger partial charge in [-0.3, -0.25) is 4.79 Å². The van der Waals surface area contributed by atoms with Crippen LogP contribution in [0.2, 0.25) is 0 Å². The molecule has 0 atom stereocenters. The first kappa shape index (κ1) is 16.5. The van der Waals surface area contributed by atoms with Crippen molar-refractivity contribution in [2.45, 2.75) is 18.4 Å². The Balaban J connectivity index is 2.31. The summed E-state index contributed by atoms with van der Waals surface area (Å²) in [5.41, 5.74) is 0.326. The van der Waals surface area contributed by atoms with Gasteiger partial charge in [0.05, 0.1) is 27.6 Å². The Hall–Kier alpha value is -1.91. The van der Waals surface area contributed by atoms with Gasteiger partial charge in [-0.1, -0.05) is 4.49 Å². The highest BCUT2D eigenvalue weighted by molar-refractivity contribution is 7.89. The maximum absolute atomic E-state index is 13.8. The van der Waals surface area contributed by atoms with Gasteiger partial charge in [0.25, 0.3) is 5.91 Å². The standard InChI is InChI=1S/C12H13FN4O3S2/c1-7-11(21-16-15-7)6-17(2)12(18)9-5-8(22(14,19)20)3-4-10(9)13/h3-5H,6H2,1-2H3,(H2,14,19,20). The van der Waals surface area contributed by atoms with Gasteiger partial charge >= 0.3 is 0 Å². The molecule has 22 heavy (non-hydrogen) atoms. The van der Waals surface area contributed by atoms with Crippen LogP contribution in [0.4, 0.5) is 4.39 Å². The number of carbonyl (C=O) groups is 1. The predicted octanol–water partition coefficient (Wildman–Crippen LogP) is 0.905. The molecule has 2 aromatic rings. The van der Waals surface area contributed by atoms with E-state index in [4.69, 9.17) is 5.14 Å². The van der Waals surface area contributed by atoms with E-state index < -0.39 is 21.7 Å². The number of sulfonamides is 1. The van der Waals surface area contributed by atoms with Gasteiger partial charge in [-0.25, -0.2) is 17.9 Å². The fraction of sp³-hybridized carbons (Fsp3) is 0.250. The van der Waals surface area contributed by atoms with E-state index in [1.807, 2.05) is 0 Å². The number of aromatic nitrogens is 2. The summed E-state index contributed by atoms with van der Waals surface area (Å²) in [5.74, 6) is -1.47. The fourth-order valence-corrected chi connectivity index (χ4v) is 2.96. The highest BCUT2D eigenvalue weighted by atomic mass is 32.2. The maximum Gasteiger partial charge on any atom is 0.256 e. The first-order chi connectivity index (χ1) is 10.2. The van der Waals surface area contributed by atoms with Crippen LogP contribution in [0.25, 0.3) is 0 Å². The molecule has 0 aliphatic carbocycles. The molecule has 0 spiro atoms. The summed E-state index contributed by atoms with van der Waals surface area (Å²) < 4.78 is 40.2. The van der Waals surface area contributed by atoms with Crippen molar-refractivity contribution in [1.82, 2.24) is 14.5 Å². The Morgan fingerprint density at radius 1 is 1.45 bits per heavy atom. The molecule has 1 heterocycles. The molecule has 2 rings (SSSR count). The zero-order valence-electron chi connectivity index (χ0n) is 11.8. The Morgan fingerprint density at radius 3 is 2.68 bits per heavy atom. The molecule has 7 nitrogen and oxygen atoms in total. The van der Waals surface area contributed by atoms with E-state index in [1.165, 1.54) is 11.9 Å². The molecule has 2 N–H and O–H groups in total. The third-order valence-electron chi connectivity index (χ3n) is 2.97. The second-order valence-electron chi connectivity index (χ2n) is 4.63. The van der Waals surface area contributed by atoms with Crippen LogP contribution in [0.3, 0.4) is 0 Å². The summed E-state index contributed by atoms with van der Waals surface area (Å²) in [6.45, 7) is 1.95. The normalized spacial score (nSPS) is 11.5. The van der Waals surface area contributed by atoms with E-state index in [-0.39, 0.29) is 17.0 Å². The fourth-order valence-electron chi connectivity index (χ4n) is 1.73. The molecular weight excluding hydrogens is 331 g/mol. The largest absolute Gasteiger partial charge is 0.336 e. The number of nitrogens with two attached hydrogens (primary N) is 1. The average molecular weight is 344 g/mol. The Labute approximate surface area is 130 Å². The van der Waals surface area contributed by atoms with E-state index in [0.29, 0.717) is 5.69 Å². The monoisotopic (exact) mass is 344 g/mol. The number of rotatable bonds is 4. The summed E-state index contributed by atoms with van der Waals surface area (Å²) in [7, 11) is -2.54. The lowest BCUT2D eigenvalue weighted by atomic mass is 10.2. The summed E-state index contributed by atoms with van der Waals surface area (Å²) in [4.78, 5) is 14.0. The van der Waals surface area contributed by atoms with Crippen LogP contribution in [0.15, 0.2) is 23.1 Å². The minimum absolute atomic E-state index is 0.196. The van der Waals surface area contributed by atoms with Crippen molar-refractivity contribution in [3.8, 4) is 0 Å². The molecular formula is C12H13FN4O3S2. The quantitative estimate of drug-likeness (QED) is 0.887. The zero-order valence-corrected chi connectivity index (χ0v) is 13.4. The number of amides is 1. The maximum atomic E-state index is 13.8. The van der Waals surface area contributed by atoms with Crippen LogP contribution in [0.5, 0.6) is 0 Å². The van der Waals surface area contributed by atoms with E-state index >= 15 is 0 Å². The first-order valence-electron chi connectivity index (χ1n) is 6.06. The third-order valence-corrected chi connectivity index (χ3v) is 4.69. The van der Waals surface area contributed by atoms with Crippen LogP contribution in [-0.2, 0) is 16.6 Å². The Bertz CT molecular complexity index is 820. The number of halogens is 1. The average Bonchev–Trinajstić information content (AvgIpc) is 2.82. The van der Waals surface area contributed by atoms with Crippen molar-refractivity contribution in [1.29, 1.82) is 0 Å². The predicted molar refractivity (Wildman–Crippen MR) is 78.2 cm³/mol. The molecule has 0 unspecified atom stereocenters. The van der Waals surface area contributed by atoms with E-state index in [1.54, 1.807) is 6.92 Å². The van der Waals surface area contributed by atoms with Gasteiger partial charge in [0.2, 0.25) is 10.0 Å². The molecule has 0 fully saturated rings. The lowest BCUT2D eigenvalue weighted by Crippen LogP contribution is -2.27. The molecule has 118 valence electrons. The first-order valence-corrected chi connectivity index (χ1v) is 8.37. The van der Waals surface area contributed by atoms with Gasteiger partial charge in [0, 0.05) is 7.05 Å². The second-order valence-corrected chi connectivity index (χ2v) is 7.03. The lowest BCUT2D eigenvalue weighted by Gasteiger charge is -2.17. The van der Waals surface area contributed by atoms with Gasteiger partial charge in [-0.15, -0.1) is 5.10 Å². The minimum Gasteiger partial charge on any atom is -0.336 e. The molecule has 1 aromatic heterocycles. The number of nitrogens with zero attached hydrogens (tertiary/aromatic N) is 3. The van der Waals surface area contributed by atoms with Crippen LogP contribution >= 0.6 is 11.5 Å². The Morgan fingerprint density at radius 2 is 2.14 bits per heavy atom. The van der Waals surface area contributed by atoms with Crippen LogP contribution in [-0.4, -0.2) is 35.9 Å². The molecule has 0 aliphatic heterocycles. The Kier molecular flexibility index (Phi) is 4.54. The number of benzene rings is 1. The van der Waals surface area contributed by atoms with Crippen molar-refractivity contribution in [3.05, 3.63) is 40.2 Å². The molecule has 0 radical (unpaired) electrons. The number of aryl methyl sites for hydroxylation is 1. The summed E-state index contributed by atoms with van der Waals surface area (Å²) in [6, 6.07) is 2.85. The van der Waals surface area contributed by atoms with E-state index in [0.717, 1.165) is 34.6 Å². The van der Waals surface area contributed by atoms with Crippen LogP contribution in [0.1, 0.15) is 20.9 Å². The van der Waals surface area contributed by atoms with Crippen molar-refractivity contribution >= 4 is 27.5 Å². The third kappa shape index (κ3) is 3.46. The summed E-state index contributed by atoms with van der Waals surface area (Å²) in [6.07, 6.45) is 0. The second kappa shape index (κ2) is 6.07. The lowest BCUT2D eigenvalue weighted by molar-refractivity contribution is 0.0781. The molecule has 0 aliphatic rings. The van der Waals surface area contributed by atoms with Crippen molar-refractivity contribution in [2.75, 3.05) is 7.05 Å².